The maximum atomic E-state index is 12.6. The summed E-state index contributed by atoms with van der Waals surface area (Å²) in [4.78, 5) is 23.1. The predicted octanol–water partition coefficient (Wildman–Crippen LogP) is 4.11. The highest BCUT2D eigenvalue weighted by Crippen LogP contribution is 2.29. The minimum atomic E-state index is -4.46. The Labute approximate surface area is 160 Å². The molecule has 8 heteroatoms. The number of halogens is 3. The number of alkyl halides is 3. The Morgan fingerprint density at radius 1 is 1.00 bits per heavy atom. The number of hydrogen-bond donors (Lipinski definition) is 2. The molecule has 0 heterocycles. The standard InChI is InChI=1S/C20H19F3N2O3/c21-20(22,23)17-10-4-8-16(14-17)11-12-18(26)24-25-19(27)28-13-5-9-15-6-2-1-3-7-15/h1-4,6-8,10-12,14H,5,9,13H2,(H,24,26)(H,25,27). The summed E-state index contributed by atoms with van der Waals surface area (Å²) in [6, 6.07) is 14.2. The van der Waals surface area contributed by atoms with Gasteiger partial charge < -0.3 is 4.74 Å². The fourth-order valence-electron chi connectivity index (χ4n) is 2.27. The van der Waals surface area contributed by atoms with Gasteiger partial charge in [0.2, 0.25) is 0 Å². The third-order valence-corrected chi connectivity index (χ3v) is 3.61. The largest absolute Gasteiger partial charge is 0.448 e. The van der Waals surface area contributed by atoms with Gasteiger partial charge in [0.1, 0.15) is 0 Å². The smallest absolute Gasteiger partial charge is 0.426 e. The van der Waals surface area contributed by atoms with Crippen LogP contribution in [0.5, 0.6) is 0 Å². The Morgan fingerprint density at radius 3 is 2.46 bits per heavy atom. The van der Waals surface area contributed by atoms with Crippen LogP contribution in [-0.2, 0) is 22.1 Å². The summed E-state index contributed by atoms with van der Waals surface area (Å²) >= 11 is 0. The van der Waals surface area contributed by atoms with Crippen LogP contribution in [0.3, 0.4) is 0 Å². The normalized spacial score (nSPS) is 11.2. The van der Waals surface area contributed by atoms with Crippen LogP contribution < -0.4 is 10.9 Å². The molecule has 2 aromatic carbocycles. The number of rotatable bonds is 6. The molecule has 2 amide bonds. The Morgan fingerprint density at radius 2 is 1.75 bits per heavy atom. The minimum absolute atomic E-state index is 0.177. The topological polar surface area (TPSA) is 67.4 Å². The van der Waals surface area contributed by atoms with Gasteiger partial charge in [0.05, 0.1) is 12.2 Å². The molecular formula is C20H19F3N2O3. The van der Waals surface area contributed by atoms with Crippen LogP contribution in [0.15, 0.2) is 60.7 Å². The van der Waals surface area contributed by atoms with Crippen LogP contribution in [0.1, 0.15) is 23.1 Å². The lowest BCUT2D eigenvalue weighted by atomic mass is 10.1. The monoisotopic (exact) mass is 392 g/mol. The summed E-state index contributed by atoms with van der Waals surface area (Å²) in [5, 5.41) is 0. The molecule has 0 spiro atoms. The predicted molar refractivity (Wildman–Crippen MR) is 97.9 cm³/mol. The summed E-state index contributed by atoms with van der Waals surface area (Å²) in [5.74, 6) is -0.710. The highest BCUT2D eigenvalue weighted by molar-refractivity contribution is 5.92. The molecule has 0 saturated heterocycles. The minimum Gasteiger partial charge on any atom is -0.448 e. The molecule has 0 unspecified atom stereocenters. The molecule has 0 fully saturated rings. The average Bonchev–Trinajstić information content (AvgIpc) is 2.68. The first kappa shape index (κ1) is 21.0. The van der Waals surface area contributed by atoms with E-state index >= 15 is 0 Å². The highest BCUT2D eigenvalue weighted by Gasteiger charge is 2.30. The molecule has 2 aromatic rings. The quantitative estimate of drug-likeness (QED) is 0.442. The molecule has 0 aliphatic rings. The van der Waals surface area contributed by atoms with Gasteiger partial charge in [-0.05, 0) is 42.2 Å². The molecule has 0 saturated carbocycles. The van der Waals surface area contributed by atoms with Gasteiger partial charge in [0, 0.05) is 6.08 Å². The van der Waals surface area contributed by atoms with Crippen LogP contribution in [0.25, 0.3) is 6.08 Å². The van der Waals surface area contributed by atoms with Crippen molar-refractivity contribution in [3.05, 3.63) is 77.4 Å². The van der Waals surface area contributed by atoms with E-state index in [1.807, 2.05) is 30.3 Å². The van der Waals surface area contributed by atoms with Gasteiger partial charge in [-0.2, -0.15) is 13.2 Å². The zero-order chi connectivity index (χ0) is 20.4. The van der Waals surface area contributed by atoms with Gasteiger partial charge in [0.15, 0.2) is 0 Å². The molecule has 0 bridgehead atoms. The average molecular weight is 392 g/mol. The SMILES string of the molecule is O=C(C=Cc1cccc(C(F)(F)F)c1)NNC(=O)OCCCc1ccccc1. The van der Waals surface area contributed by atoms with E-state index in [4.69, 9.17) is 4.74 Å². The van der Waals surface area contributed by atoms with Gasteiger partial charge in [-0.1, -0.05) is 42.5 Å². The van der Waals surface area contributed by atoms with Gasteiger partial charge in [-0.15, -0.1) is 0 Å². The van der Waals surface area contributed by atoms with Crippen LogP contribution in [0.2, 0.25) is 0 Å². The number of benzene rings is 2. The van der Waals surface area contributed by atoms with E-state index in [0.29, 0.717) is 6.42 Å². The maximum absolute atomic E-state index is 12.6. The molecule has 0 aromatic heterocycles. The lowest BCUT2D eigenvalue weighted by Gasteiger charge is -2.07. The second-order valence-corrected chi connectivity index (χ2v) is 5.80. The second-order valence-electron chi connectivity index (χ2n) is 5.80. The molecule has 148 valence electrons. The van der Waals surface area contributed by atoms with Gasteiger partial charge >= 0.3 is 12.3 Å². The maximum Gasteiger partial charge on any atom is 0.426 e. The number of amides is 2. The Kier molecular flexibility index (Phi) is 7.62. The molecule has 2 N–H and O–H groups in total. The molecule has 28 heavy (non-hydrogen) atoms. The van der Waals surface area contributed by atoms with Crippen molar-refractivity contribution in [2.75, 3.05) is 6.61 Å². The third kappa shape index (κ3) is 7.53. The first-order valence-corrected chi connectivity index (χ1v) is 8.46. The van der Waals surface area contributed by atoms with Crippen LogP contribution in [0, 0.1) is 0 Å². The lowest BCUT2D eigenvalue weighted by molar-refractivity contribution is -0.137. The number of hydrazine groups is 1. The van der Waals surface area contributed by atoms with E-state index < -0.39 is 23.7 Å². The first-order chi connectivity index (χ1) is 13.3. The van der Waals surface area contributed by atoms with Crippen LogP contribution in [-0.4, -0.2) is 18.6 Å². The van der Waals surface area contributed by atoms with Gasteiger partial charge in [0.25, 0.3) is 5.91 Å². The summed E-state index contributed by atoms with van der Waals surface area (Å²) in [6.45, 7) is 0.177. The molecule has 2 rings (SSSR count). The molecule has 0 aliphatic carbocycles. The zero-order valence-electron chi connectivity index (χ0n) is 14.8. The summed E-state index contributed by atoms with van der Waals surface area (Å²) < 4.78 is 42.8. The van der Waals surface area contributed by atoms with Gasteiger partial charge in [-0.3, -0.25) is 10.2 Å². The van der Waals surface area contributed by atoms with E-state index in [1.165, 1.54) is 18.2 Å². The van der Waals surface area contributed by atoms with Crippen molar-refractivity contribution in [3.63, 3.8) is 0 Å². The molecule has 0 radical (unpaired) electrons. The molecular weight excluding hydrogens is 373 g/mol. The van der Waals surface area contributed by atoms with E-state index in [1.54, 1.807) is 0 Å². The van der Waals surface area contributed by atoms with Crippen molar-refractivity contribution < 1.29 is 27.5 Å². The van der Waals surface area contributed by atoms with Crippen molar-refractivity contribution in [2.45, 2.75) is 19.0 Å². The van der Waals surface area contributed by atoms with Gasteiger partial charge in [-0.25, -0.2) is 10.2 Å². The lowest BCUT2D eigenvalue weighted by Crippen LogP contribution is -2.41. The summed E-state index contributed by atoms with van der Waals surface area (Å²) in [6.07, 6.45) is -1.70. The highest BCUT2D eigenvalue weighted by atomic mass is 19.4. The van der Waals surface area contributed by atoms with Crippen molar-refractivity contribution >= 4 is 18.1 Å². The number of aryl methyl sites for hydroxylation is 1. The number of ether oxygens (including phenoxy) is 1. The van der Waals surface area contributed by atoms with Crippen molar-refractivity contribution in [1.82, 2.24) is 10.9 Å². The Balaban J connectivity index is 1.69. The van der Waals surface area contributed by atoms with Crippen LogP contribution >= 0.6 is 0 Å². The van der Waals surface area contributed by atoms with E-state index in [0.717, 1.165) is 30.2 Å². The Hall–Kier alpha value is -3.29. The summed E-state index contributed by atoms with van der Waals surface area (Å²) in [7, 11) is 0. The third-order valence-electron chi connectivity index (χ3n) is 3.61. The number of nitrogens with one attached hydrogen (secondary N) is 2. The van der Waals surface area contributed by atoms with Crippen molar-refractivity contribution in [1.29, 1.82) is 0 Å². The summed E-state index contributed by atoms with van der Waals surface area (Å²) in [5.41, 5.74) is 4.66. The van der Waals surface area contributed by atoms with Crippen LogP contribution in [0.4, 0.5) is 18.0 Å². The Bertz CT molecular complexity index is 821. The molecule has 0 aliphatic heterocycles. The van der Waals surface area contributed by atoms with E-state index in [-0.39, 0.29) is 12.2 Å². The van der Waals surface area contributed by atoms with Crippen molar-refractivity contribution in [2.24, 2.45) is 0 Å². The fourth-order valence-corrected chi connectivity index (χ4v) is 2.27. The molecule has 5 nitrogen and oxygen atoms in total. The molecule has 0 atom stereocenters. The number of carbonyl (C=O) groups is 2. The van der Waals surface area contributed by atoms with E-state index in [9.17, 15) is 22.8 Å². The van der Waals surface area contributed by atoms with Crippen molar-refractivity contribution in [3.8, 4) is 0 Å². The first-order valence-electron chi connectivity index (χ1n) is 8.46. The number of carbonyl (C=O) groups excluding carboxylic acids is 2. The zero-order valence-corrected chi connectivity index (χ0v) is 14.8. The number of hydrogen-bond acceptors (Lipinski definition) is 3. The van der Waals surface area contributed by atoms with E-state index in [2.05, 4.69) is 10.9 Å². The second kappa shape index (κ2) is 10.1. The fraction of sp³-hybridized carbons (Fsp3) is 0.200.